The lowest BCUT2D eigenvalue weighted by Crippen LogP contribution is -2.51. The summed E-state index contributed by atoms with van der Waals surface area (Å²) in [5, 5.41) is 14.9. The normalized spacial score (nSPS) is 19.6. The predicted octanol–water partition coefficient (Wildman–Crippen LogP) is 4.70. The van der Waals surface area contributed by atoms with Gasteiger partial charge in [0.1, 0.15) is 12.6 Å². The molecule has 2 aliphatic carbocycles. The first kappa shape index (κ1) is 24.8. The Balaban J connectivity index is 1.38. The van der Waals surface area contributed by atoms with Crippen molar-refractivity contribution < 1.29 is 24.2 Å². The summed E-state index contributed by atoms with van der Waals surface area (Å²) in [4.78, 5) is 37.0. The fourth-order valence-corrected chi connectivity index (χ4v) is 5.46. The van der Waals surface area contributed by atoms with Crippen molar-refractivity contribution in [3.63, 3.8) is 0 Å². The highest BCUT2D eigenvalue weighted by molar-refractivity contribution is 5.86. The maximum atomic E-state index is 13.1. The maximum absolute atomic E-state index is 13.1. The Morgan fingerprint density at radius 3 is 2.23 bits per heavy atom. The molecule has 3 atom stereocenters. The summed E-state index contributed by atoms with van der Waals surface area (Å²) in [5.74, 6) is -1.09. The monoisotopic (exact) mass is 478 g/mol. The zero-order valence-electron chi connectivity index (χ0n) is 20.3. The number of alkyl carbamates (subject to hydrolysis) is 1. The van der Waals surface area contributed by atoms with E-state index in [1.807, 2.05) is 38.1 Å². The van der Waals surface area contributed by atoms with Crippen molar-refractivity contribution >= 4 is 18.0 Å². The minimum atomic E-state index is -0.855. The summed E-state index contributed by atoms with van der Waals surface area (Å²) in [6.07, 6.45) is 2.31. The first-order valence-corrected chi connectivity index (χ1v) is 12.5. The van der Waals surface area contributed by atoms with Crippen LogP contribution in [0.3, 0.4) is 0 Å². The van der Waals surface area contributed by atoms with Gasteiger partial charge in [-0.3, -0.25) is 9.59 Å². The maximum Gasteiger partial charge on any atom is 0.407 e. The number of carboxylic acid groups (broad SMARTS) is 1. The zero-order valence-corrected chi connectivity index (χ0v) is 20.3. The first-order valence-electron chi connectivity index (χ1n) is 12.5. The number of aliphatic carboxylic acids is 1. The van der Waals surface area contributed by atoms with Crippen molar-refractivity contribution in [2.75, 3.05) is 6.61 Å². The molecule has 0 spiro atoms. The smallest absolute Gasteiger partial charge is 0.407 e. The van der Waals surface area contributed by atoms with Crippen LogP contribution in [0.5, 0.6) is 0 Å². The van der Waals surface area contributed by atoms with Crippen molar-refractivity contribution in [3.05, 3.63) is 59.7 Å². The second kappa shape index (κ2) is 10.9. The number of amides is 2. The topological polar surface area (TPSA) is 105 Å². The quantitative estimate of drug-likeness (QED) is 0.485. The molecule has 2 aliphatic rings. The molecule has 0 radical (unpaired) electrons. The highest BCUT2D eigenvalue weighted by Crippen LogP contribution is 2.44. The average Bonchev–Trinajstić information content (AvgIpc) is 3.38. The molecule has 0 aromatic heterocycles. The van der Waals surface area contributed by atoms with E-state index in [9.17, 15) is 14.4 Å². The Hall–Kier alpha value is -3.35. The molecule has 1 saturated carbocycles. The molecule has 2 aromatic carbocycles. The largest absolute Gasteiger partial charge is 0.481 e. The molecule has 0 aliphatic heterocycles. The summed E-state index contributed by atoms with van der Waals surface area (Å²) in [5.41, 5.74) is 4.57. The van der Waals surface area contributed by atoms with Crippen LogP contribution in [-0.4, -0.2) is 41.8 Å². The summed E-state index contributed by atoms with van der Waals surface area (Å²) < 4.78 is 5.64. The fourth-order valence-electron chi connectivity index (χ4n) is 5.46. The SMILES string of the molecule is CC(C)CC(NC(=O)OCC1c2ccccc2-c2ccccc21)C(=O)N[C@@H]1CCC[C@H]1CC(=O)O. The van der Waals surface area contributed by atoms with Gasteiger partial charge in [-0.1, -0.05) is 68.8 Å². The van der Waals surface area contributed by atoms with Crippen LogP contribution >= 0.6 is 0 Å². The van der Waals surface area contributed by atoms with E-state index < -0.39 is 18.1 Å². The Kier molecular flexibility index (Phi) is 7.73. The van der Waals surface area contributed by atoms with Crippen molar-refractivity contribution in [3.8, 4) is 11.1 Å². The van der Waals surface area contributed by atoms with Gasteiger partial charge < -0.3 is 20.5 Å². The van der Waals surface area contributed by atoms with E-state index in [0.717, 1.165) is 41.5 Å². The summed E-state index contributed by atoms with van der Waals surface area (Å²) >= 11 is 0. The van der Waals surface area contributed by atoms with Gasteiger partial charge in [0.15, 0.2) is 0 Å². The second-order valence-electron chi connectivity index (χ2n) is 10.1. The van der Waals surface area contributed by atoms with Crippen LogP contribution in [-0.2, 0) is 14.3 Å². The minimum Gasteiger partial charge on any atom is -0.481 e. The van der Waals surface area contributed by atoms with Crippen molar-refractivity contribution in [2.45, 2.75) is 64.0 Å². The van der Waals surface area contributed by atoms with Gasteiger partial charge >= 0.3 is 12.1 Å². The Labute approximate surface area is 206 Å². The van der Waals surface area contributed by atoms with Crippen LogP contribution in [0.25, 0.3) is 11.1 Å². The Morgan fingerprint density at radius 2 is 1.63 bits per heavy atom. The van der Waals surface area contributed by atoms with E-state index in [2.05, 4.69) is 34.9 Å². The predicted molar refractivity (Wildman–Crippen MR) is 133 cm³/mol. The van der Waals surface area contributed by atoms with Crippen LogP contribution in [0.15, 0.2) is 48.5 Å². The number of hydrogen-bond donors (Lipinski definition) is 3. The standard InChI is InChI=1S/C28H34N2O5/c1-17(2)14-25(27(33)29-24-13-7-8-18(24)15-26(31)32)30-28(34)35-16-23-21-11-5-3-9-19(21)20-10-4-6-12-22(20)23/h3-6,9-12,17-18,23-25H,7-8,13-16H2,1-2H3,(H,29,33)(H,30,34)(H,31,32)/t18-,24+,25?/m0/s1. The Bertz CT molecular complexity index is 1040. The molecule has 0 bridgehead atoms. The molecule has 2 amide bonds. The molecule has 1 unspecified atom stereocenters. The highest BCUT2D eigenvalue weighted by Gasteiger charge is 2.33. The van der Waals surface area contributed by atoms with Gasteiger partial charge in [0.25, 0.3) is 0 Å². The van der Waals surface area contributed by atoms with Gasteiger partial charge in [-0.15, -0.1) is 0 Å². The number of hydrogen-bond acceptors (Lipinski definition) is 4. The lowest BCUT2D eigenvalue weighted by Gasteiger charge is -2.25. The third-order valence-electron chi connectivity index (χ3n) is 7.08. The number of carbonyl (C=O) groups excluding carboxylic acids is 2. The number of fused-ring (bicyclic) bond motifs is 3. The molecular weight excluding hydrogens is 444 g/mol. The van der Waals surface area contributed by atoms with Gasteiger partial charge in [-0.25, -0.2) is 4.79 Å². The molecule has 3 N–H and O–H groups in total. The van der Waals surface area contributed by atoms with Gasteiger partial charge in [0.2, 0.25) is 5.91 Å². The molecule has 35 heavy (non-hydrogen) atoms. The summed E-state index contributed by atoms with van der Waals surface area (Å²) in [6.45, 7) is 4.16. The van der Waals surface area contributed by atoms with Gasteiger partial charge in [0, 0.05) is 12.0 Å². The second-order valence-corrected chi connectivity index (χ2v) is 10.1. The van der Waals surface area contributed by atoms with Crippen LogP contribution in [0.1, 0.15) is 63.0 Å². The van der Waals surface area contributed by atoms with Gasteiger partial charge in [-0.05, 0) is 53.4 Å². The lowest BCUT2D eigenvalue weighted by molar-refractivity contribution is -0.138. The zero-order chi connectivity index (χ0) is 24.9. The number of ether oxygens (including phenoxy) is 1. The third kappa shape index (κ3) is 5.84. The first-order chi connectivity index (χ1) is 16.8. The minimum absolute atomic E-state index is 0.0413. The number of carboxylic acids is 1. The van der Waals surface area contributed by atoms with Crippen LogP contribution in [0, 0.1) is 11.8 Å². The lowest BCUT2D eigenvalue weighted by atomic mass is 9.98. The van der Waals surface area contributed by atoms with Crippen molar-refractivity contribution in [1.29, 1.82) is 0 Å². The van der Waals surface area contributed by atoms with Crippen LogP contribution in [0.4, 0.5) is 4.79 Å². The van der Waals surface area contributed by atoms with E-state index in [4.69, 9.17) is 9.84 Å². The molecule has 4 rings (SSSR count). The molecule has 2 aromatic rings. The van der Waals surface area contributed by atoms with E-state index in [1.54, 1.807) is 0 Å². The summed E-state index contributed by atoms with van der Waals surface area (Å²) in [6, 6.07) is 15.3. The molecule has 7 heteroatoms. The third-order valence-corrected chi connectivity index (χ3v) is 7.08. The Morgan fingerprint density at radius 1 is 1.00 bits per heavy atom. The highest BCUT2D eigenvalue weighted by atomic mass is 16.5. The van der Waals surface area contributed by atoms with Crippen molar-refractivity contribution in [1.82, 2.24) is 10.6 Å². The van der Waals surface area contributed by atoms with E-state index in [0.29, 0.717) is 6.42 Å². The summed E-state index contributed by atoms with van der Waals surface area (Å²) in [7, 11) is 0. The molecule has 0 heterocycles. The van der Waals surface area contributed by atoms with E-state index in [-0.39, 0.29) is 42.7 Å². The number of rotatable bonds is 9. The van der Waals surface area contributed by atoms with Crippen LogP contribution < -0.4 is 10.6 Å². The van der Waals surface area contributed by atoms with Gasteiger partial charge in [0.05, 0.1) is 6.42 Å². The van der Waals surface area contributed by atoms with Crippen LogP contribution in [0.2, 0.25) is 0 Å². The molecule has 7 nitrogen and oxygen atoms in total. The molecule has 1 fully saturated rings. The molecule has 0 saturated heterocycles. The molecular formula is C28H34N2O5. The van der Waals surface area contributed by atoms with Crippen molar-refractivity contribution in [2.24, 2.45) is 11.8 Å². The van der Waals surface area contributed by atoms with Gasteiger partial charge in [-0.2, -0.15) is 0 Å². The average molecular weight is 479 g/mol. The van der Waals surface area contributed by atoms with E-state index in [1.165, 1.54) is 0 Å². The van der Waals surface area contributed by atoms with E-state index >= 15 is 0 Å². The molecule has 186 valence electrons. The number of nitrogens with one attached hydrogen (secondary N) is 2. The fraction of sp³-hybridized carbons (Fsp3) is 0.464. The number of benzene rings is 2. The number of carbonyl (C=O) groups is 3.